The molecule has 0 heterocycles. The molecule has 4 rings (SSSR count). The van der Waals surface area contributed by atoms with Crippen LogP contribution in [0.15, 0.2) is 66.7 Å². The van der Waals surface area contributed by atoms with Gasteiger partial charge in [0.25, 0.3) is 0 Å². The van der Waals surface area contributed by atoms with E-state index in [2.05, 4.69) is 0 Å². The van der Waals surface area contributed by atoms with Crippen LogP contribution in [0.2, 0.25) is 0 Å². The van der Waals surface area contributed by atoms with Gasteiger partial charge in [0.15, 0.2) is 24.8 Å². The van der Waals surface area contributed by atoms with Crippen LogP contribution in [-0.4, -0.2) is 40.1 Å². The van der Waals surface area contributed by atoms with Crippen molar-refractivity contribution in [3.63, 3.8) is 0 Å². The highest BCUT2D eigenvalue weighted by Gasteiger charge is 2.19. The van der Waals surface area contributed by atoms with E-state index in [4.69, 9.17) is 14.2 Å². The maximum absolute atomic E-state index is 14.9. The van der Waals surface area contributed by atoms with Crippen molar-refractivity contribution in [1.82, 2.24) is 0 Å². The van der Waals surface area contributed by atoms with Crippen LogP contribution in [0.25, 0.3) is 0 Å². The van der Waals surface area contributed by atoms with E-state index in [0.717, 1.165) is 24.6 Å². The number of halogens is 2. The van der Waals surface area contributed by atoms with E-state index in [-0.39, 0.29) is 45.6 Å². The lowest BCUT2D eigenvalue weighted by atomic mass is 10.0. The summed E-state index contributed by atoms with van der Waals surface area (Å²) in [5, 5.41) is 30.7. The molecule has 3 N–H and O–H groups in total. The van der Waals surface area contributed by atoms with Gasteiger partial charge in [-0.25, -0.2) is 8.78 Å². The fraction of sp³-hybridized carbons (Fsp3) is 0.235. The molecule has 0 fully saturated rings. The standard InChI is InChI=1S/C34H32F2O8/c1-3-6-20-12-25(29(38)16-28(20)37)32(41)19-43-33-11-10-24(15-27(33)36)44-34-17-30(39)26(13-21(34)7-4-2)31(40)18-42-23-9-5-8-22(35)14-23/h5,8-17,37-39H,3-4,6-7,18-19H2,1-2H3. The first kappa shape index (κ1) is 31.8. The quantitative estimate of drug-likeness (QED) is 0.128. The summed E-state index contributed by atoms with van der Waals surface area (Å²) in [6, 6.07) is 14.3. The first-order valence-corrected chi connectivity index (χ1v) is 14.0. The minimum Gasteiger partial charge on any atom is -0.508 e. The Hall–Kier alpha value is -5.12. The van der Waals surface area contributed by atoms with Gasteiger partial charge in [-0.1, -0.05) is 32.8 Å². The summed E-state index contributed by atoms with van der Waals surface area (Å²) in [6.07, 6.45) is 2.39. The molecule has 0 radical (unpaired) electrons. The van der Waals surface area contributed by atoms with Crippen LogP contribution in [0.3, 0.4) is 0 Å². The van der Waals surface area contributed by atoms with Crippen molar-refractivity contribution in [2.24, 2.45) is 0 Å². The van der Waals surface area contributed by atoms with E-state index in [1.165, 1.54) is 48.5 Å². The summed E-state index contributed by atoms with van der Waals surface area (Å²) in [7, 11) is 0. The van der Waals surface area contributed by atoms with Crippen molar-refractivity contribution in [1.29, 1.82) is 0 Å². The molecule has 8 nitrogen and oxygen atoms in total. The van der Waals surface area contributed by atoms with Crippen LogP contribution in [0.1, 0.15) is 58.5 Å². The van der Waals surface area contributed by atoms with Gasteiger partial charge < -0.3 is 29.5 Å². The molecule has 4 aromatic carbocycles. The number of aromatic hydroxyl groups is 3. The Morgan fingerprint density at radius 1 is 0.659 bits per heavy atom. The molecule has 0 aliphatic rings. The smallest absolute Gasteiger partial charge is 0.203 e. The number of hydrogen-bond acceptors (Lipinski definition) is 8. The van der Waals surface area contributed by atoms with Crippen molar-refractivity contribution in [2.45, 2.75) is 39.5 Å². The molecule has 0 amide bonds. The molecule has 0 spiro atoms. The van der Waals surface area contributed by atoms with Gasteiger partial charge in [0, 0.05) is 24.3 Å². The van der Waals surface area contributed by atoms with Crippen molar-refractivity contribution in [3.05, 3.63) is 101 Å². The Bertz CT molecular complexity index is 1670. The molecule has 0 aliphatic heterocycles. The molecule has 0 bridgehead atoms. The number of ether oxygens (including phenoxy) is 3. The maximum atomic E-state index is 14.9. The fourth-order valence-corrected chi connectivity index (χ4v) is 4.51. The van der Waals surface area contributed by atoms with Crippen LogP contribution in [0.4, 0.5) is 8.78 Å². The minimum absolute atomic E-state index is 0.00159. The summed E-state index contributed by atoms with van der Waals surface area (Å²) in [4.78, 5) is 25.5. The first-order valence-electron chi connectivity index (χ1n) is 14.0. The highest BCUT2D eigenvalue weighted by Crippen LogP contribution is 2.35. The number of hydrogen-bond donors (Lipinski definition) is 3. The number of phenols is 3. The molecule has 44 heavy (non-hydrogen) atoms. The van der Waals surface area contributed by atoms with E-state index < -0.39 is 42.2 Å². The van der Waals surface area contributed by atoms with Gasteiger partial charge in [-0.3, -0.25) is 9.59 Å². The zero-order valence-electron chi connectivity index (χ0n) is 24.2. The van der Waals surface area contributed by atoms with Crippen LogP contribution in [-0.2, 0) is 12.8 Å². The van der Waals surface area contributed by atoms with E-state index in [9.17, 15) is 33.7 Å². The van der Waals surface area contributed by atoms with Gasteiger partial charge >= 0.3 is 0 Å². The lowest BCUT2D eigenvalue weighted by molar-refractivity contribution is 0.0910. The average Bonchev–Trinajstić information content (AvgIpc) is 2.98. The van der Waals surface area contributed by atoms with Crippen molar-refractivity contribution >= 4 is 11.6 Å². The predicted octanol–water partition coefficient (Wildman–Crippen LogP) is 7.30. The van der Waals surface area contributed by atoms with Crippen molar-refractivity contribution in [2.75, 3.05) is 13.2 Å². The second-order valence-electron chi connectivity index (χ2n) is 10.1. The highest BCUT2D eigenvalue weighted by molar-refractivity contribution is 6.00. The Morgan fingerprint density at radius 2 is 1.30 bits per heavy atom. The second-order valence-corrected chi connectivity index (χ2v) is 10.1. The number of aryl methyl sites for hydroxylation is 2. The Labute approximate surface area is 253 Å². The van der Waals surface area contributed by atoms with Gasteiger partial charge in [-0.15, -0.1) is 0 Å². The van der Waals surface area contributed by atoms with Crippen LogP contribution < -0.4 is 14.2 Å². The van der Waals surface area contributed by atoms with Crippen molar-refractivity contribution < 1.29 is 47.9 Å². The molecule has 0 unspecified atom stereocenters. The Balaban J connectivity index is 1.45. The third kappa shape index (κ3) is 7.83. The number of Topliss-reactive ketones (excluding diaryl/α,β-unsaturated/α-hetero) is 2. The maximum Gasteiger partial charge on any atom is 0.203 e. The van der Waals surface area contributed by atoms with Crippen LogP contribution in [0, 0.1) is 11.6 Å². The van der Waals surface area contributed by atoms with Gasteiger partial charge in [0.1, 0.15) is 40.3 Å². The topological polar surface area (TPSA) is 123 Å². The molecular weight excluding hydrogens is 574 g/mol. The van der Waals surface area contributed by atoms with Crippen LogP contribution >= 0.6 is 0 Å². The number of rotatable bonds is 14. The molecule has 0 saturated carbocycles. The molecule has 230 valence electrons. The van der Waals surface area contributed by atoms with E-state index in [1.54, 1.807) is 0 Å². The lowest BCUT2D eigenvalue weighted by Crippen LogP contribution is -2.13. The number of phenolic OH excluding ortho intramolecular Hbond substituents is 3. The predicted molar refractivity (Wildman–Crippen MR) is 158 cm³/mol. The van der Waals surface area contributed by atoms with Gasteiger partial charge in [0.05, 0.1) is 11.1 Å². The summed E-state index contributed by atoms with van der Waals surface area (Å²) < 4.78 is 44.9. The SMILES string of the molecule is CCCc1cc(C(=O)COc2ccc(Oc3cc(O)c(C(=O)COc4cccc(F)c4)cc3CCC)cc2F)c(O)cc1O. The monoisotopic (exact) mass is 606 g/mol. The summed E-state index contributed by atoms with van der Waals surface area (Å²) in [6.45, 7) is 2.84. The van der Waals surface area contributed by atoms with Gasteiger partial charge in [-0.2, -0.15) is 0 Å². The van der Waals surface area contributed by atoms with Crippen molar-refractivity contribution in [3.8, 4) is 40.2 Å². The summed E-state index contributed by atoms with van der Waals surface area (Å²) in [5.74, 6) is -3.12. The summed E-state index contributed by atoms with van der Waals surface area (Å²) in [5.41, 5.74) is 1.04. The number of carbonyl (C=O) groups excluding carboxylic acids is 2. The number of benzene rings is 4. The normalized spacial score (nSPS) is 10.8. The lowest BCUT2D eigenvalue weighted by Gasteiger charge is -2.15. The fourth-order valence-electron chi connectivity index (χ4n) is 4.51. The first-order chi connectivity index (χ1) is 21.1. The Kier molecular flexibility index (Phi) is 10.4. The molecule has 4 aromatic rings. The van der Waals surface area contributed by atoms with Crippen LogP contribution in [0.5, 0.6) is 40.2 Å². The third-order valence-corrected chi connectivity index (χ3v) is 6.67. The zero-order valence-corrected chi connectivity index (χ0v) is 24.2. The molecule has 0 aliphatic carbocycles. The second kappa shape index (κ2) is 14.4. The van der Waals surface area contributed by atoms with E-state index >= 15 is 0 Å². The molecule has 0 saturated heterocycles. The third-order valence-electron chi connectivity index (χ3n) is 6.67. The largest absolute Gasteiger partial charge is 0.508 e. The molecule has 10 heteroatoms. The number of ketones is 2. The zero-order chi connectivity index (χ0) is 31.8. The molecule has 0 aromatic heterocycles. The Morgan fingerprint density at radius 3 is 1.95 bits per heavy atom. The molecular formula is C34H32F2O8. The van der Waals surface area contributed by atoms with Gasteiger partial charge in [-0.05, 0) is 60.4 Å². The van der Waals surface area contributed by atoms with Gasteiger partial charge in [0.2, 0.25) is 11.6 Å². The number of carbonyl (C=O) groups is 2. The molecule has 0 atom stereocenters. The highest BCUT2D eigenvalue weighted by atomic mass is 19.1. The summed E-state index contributed by atoms with van der Waals surface area (Å²) >= 11 is 0. The van der Waals surface area contributed by atoms with E-state index in [0.29, 0.717) is 30.4 Å². The minimum atomic E-state index is -0.820. The van der Waals surface area contributed by atoms with E-state index in [1.807, 2.05) is 13.8 Å². The average molecular weight is 607 g/mol.